The van der Waals surface area contributed by atoms with Gasteiger partial charge in [0.05, 0.1) is 0 Å². The summed E-state index contributed by atoms with van der Waals surface area (Å²) >= 11 is 0. The Morgan fingerprint density at radius 2 is 2.25 bits per heavy atom. The van der Waals surface area contributed by atoms with Crippen LogP contribution in [0.4, 0.5) is 14.9 Å². The number of hydrogen-bond donors (Lipinski definition) is 2. The van der Waals surface area contributed by atoms with E-state index in [2.05, 4.69) is 15.6 Å². The van der Waals surface area contributed by atoms with Crippen molar-refractivity contribution >= 4 is 11.7 Å². The number of aromatic nitrogens is 1. The minimum atomic E-state index is -0.526. The van der Waals surface area contributed by atoms with Crippen molar-refractivity contribution in [1.82, 2.24) is 15.2 Å². The number of urea groups is 1. The molecule has 0 saturated heterocycles. The Labute approximate surface area is 93.7 Å². The third kappa shape index (κ3) is 4.12. The molecular formula is C10H15FN4O. The molecule has 1 rings (SSSR count). The molecule has 0 spiro atoms. The number of rotatable bonds is 4. The van der Waals surface area contributed by atoms with Gasteiger partial charge in [-0.2, -0.15) is 4.39 Å². The van der Waals surface area contributed by atoms with Crippen molar-refractivity contribution < 1.29 is 9.18 Å². The maximum absolute atomic E-state index is 12.7. The molecule has 1 aromatic heterocycles. The molecule has 2 N–H and O–H groups in total. The number of anilines is 1. The highest BCUT2D eigenvalue weighted by molar-refractivity contribution is 5.73. The van der Waals surface area contributed by atoms with Gasteiger partial charge in [0, 0.05) is 45.1 Å². The first kappa shape index (κ1) is 12.2. The lowest BCUT2D eigenvalue weighted by molar-refractivity contribution is 0.218. The van der Waals surface area contributed by atoms with E-state index in [0.29, 0.717) is 18.8 Å². The molecule has 0 radical (unpaired) electrons. The van der Waals surface area contributed by atoms with Crippen molar-refractivity contribution in [2.24, 2.45) is 0 Å². The number of pyridine rings is 1. The largest absolute Gasteiger partial charge is 0.383 e. The fraction of sp³-hybridized carbons (Fsp3) is 0.400. The van der Waals surface area contributed by atoms with E-state index in [0.717, 1.165) is 0 Å². The van der Waals surface area contributed by atoms with Crippen molar-refractivity contribution in [2.45, 2.75) is 0 Å². The van der Waals surface area contributed by atoms with E-state index < -0.39 is 5.95 Å². The normalized spacial score (nSPS) is 9.69. The van der Waals surface area contributed by atoms with Gasteiger partial charge in [0.25, 0.3) is 0 Å². The van der Waals surface area contributed by atoms with Crippen LogP contribution in [0.5, 0.6) is 0 Å². The molecular weight excluding hydrogens is 211 g/mol. The standard InChI is InChI=1S/C10H15FN4O/c1-15(2)10(16)14-6-5-12-8-3-4-13-9(11)7-8/h3-4,7H,5-6H2,1-2H3,(H,12,13)(H,14,16). The van der Waals surface area contributed by atoms with Crippen molar-refractivity contribution in [3.63, 3.8) is 0 Å². The molecule has 0 aliphatic carbocycles. The molecule has 0 aromatic carbocycles. The van der Waals surface area contributed by atoms with Gasteiger partial charge in [-0.05, 0) is 6.07 Å². The van der Waals surface area contributed by atoms with Crippen molar-refractivity contribution in [3.05, 3.63) is 24.3 Å². The topological polar surface area (TPSA) is 57.3 Å². The first-order valence-electron chi connectivity index (χ1n) is 4.90. The van der Waals surface area contributed by atoms with Gasteiger partial charge in [0.1, 0.15) is 0 Å². The molecule has 0 fully saturated rings. The summed E-state index contributed by atoms with van der Waals surface area (Å²) in [5, 5.41) is 5.65. The smallest absolute Gasteiger partial charge is 0.316 e. The van der Waals surface area contributed by atoms with Crippen LogP contribution in [0.15, 0.2) is 18.3 Å². The summed E-state index contributed by atoms with van der Waals surface area (Å²) < 4.78 is 12.7. The molecule has 0 atom stereocenters. The summed E-state index contributed by atoms with van der Waals surface area (Å²) in [5.74, 6) is -0.526. The minimum absolute atomic E-state index is 0.150. The number of nitrogens with zero attached hydrogens (tertiary/aromatic N) is 2. The molecule has 1 aromatic rings. The third-order valence-corrected chi connectivity index (χ3v) is 1.86. The summed E-state index contributed by atoms with van der Waals surface area (Å²) in [6, 6.07) is 2.81. The Bertz CT molecular complexity index is 356. The summed E-state index contributed by atoms with van der Waals surface area (Å²) in [7, 11) is 3.34. The number of nitrogens with one attached hydrogen (secondary N) is 2. The SMILES string of the molecule is CN(C)C(=O)NCCNc1ccnc(F)c1. The molecule has 0 saturated carbocycles. The van der Waals surface area contributed by atoms with Crippen LogP contribution in [0, 0.1) is 5.95 Å². The van der Waals surface area contributed by atoms with E-state index in [1.165, 1.54) is 17.2 Å². The van der Waals surface area contributed by atoms with Crippen LogP contribution in [0.1, 0.15) is 0 Å². The molecule has 5 nitrogen and oxygen atoms in total. The first-order chi connectivity index (χ1) is 7.59. The number of amides is 2. The van der Waals surface area contributed by atoms with Gasteiger partial charge in [-0.1, -0.05) is 0 Å². The fourth-order valence-electron chi connectivity index (χ4n) is 1.05. The quantitative estimate of drug-likeness (QED) is 0.592. The van der Waals surface area contributed by atoms with Crippen LogP contribution < -0.4 is 10.6 Å². The van der Waals surface area contributed by atoms with Crippen LogP contribution in [0.3, 0.4) is 0 Å². The molecule has 6 heteroatoms. The second kappa shape index (κ2) is 5.89. The first-order valence-corrected chi connectivity index (χ1v) is 4.90. The van der Waals surface area contributed by atoms with Gasteiger partial charge in [-0.3, -0.25) is 0 Å². The number of carbonyl (C=O) groups is 1. The van der Waals surface area contributed by atoms with Crippen LogP contribution in [-0.4, -0.2) is 43.1 Å². The number of halogens is 1. The number of hydrogen-bond acceptors (Lipinski definition) is 3. The molecule has 2 amide bonds. The highest BCUT2D eigenvalue weighted by Gasteiger charge is 2.00. The molecule has 16 heavy (non-hydrogen) atoms. The van der Waals surface area contributed by atoms with Gasteiger partial charge in [0.15, 0.2) is 0 Å². The molecule has 0 aliphatic heterocycles. The third-order valence-electron chi connectivity index (χ3n) is 1.86. The average molecular weight is 226 g/mol. The minimum Gasteiger partial charge on any atom is -0.383 e. The lowest BCUT2D eigenvalue weighted by atomic mass is 10.4. The molecule has 88 valence electrons. The lowest BCUT2D eigenvalue weighted by Gasteiger charge is -2.12. The van der Waals surface area contributed by atoms with Gasteiger partial charge in [0.2, 0.25) is 5.95 Å². The van der Waals surface area contributed by atoms with Crippen LogP contribution >= 0.6 is 0 Å². The van der Waals surface area contributed by atoms with E-state index in [1.54, 1.807) is 20.2 Å². The van der Waals surface area contributed by atoms with Crippen molar-refractivity contribution in [1.29, 1.82) is 0 Å². The highest BCUT2D eigenvalue weighted by Crippen LogP contribution is 2.05. The van der Waals surface area contributed by atoms with Gasteiger partial charge in [-0.15, -0.1) is 0 Å². The second-order valence-electron chi connectivity index (χ2n) is 3.42. The van der Waals surface area contributed by atoms with E-state index in [4.69, 9.17) is 0 Å². The van der Waals surface area contributed by atoms with E-state index in [9.17, 15) is 9.18 Å². The monoisotopic (exact) mass is 226 g/mol. The Hall–Kier alpha value is -1.85. The Balaban J connectivity index is 2.23. The van der Waals surface area contributed by atoms with Crippen LogP contribution in [-0.2, 0) is 0 Å². The summed E-state index contributed by atoms with van der Waals surface area (Å²) in [6.45, 7) is 1.00. The van der Waals surface area contributed by atoms with Gasteiger partial charge in [-0.25, -0.2) is 9.78 Å². The Morgan fingerprint density at radius 1 is 1.50 bits per heavy atom. The highest BCUT2D eigenvalue weighted by atomic mass is 19.1. The maximum atomic E-state index is 12.7. The zero-order chi connectivity index (χ0) is 12.0. The summed E-state index contributed by atoms with van der Waals surface area (Å²) in [6.07, 6.45) is 1.38. The lowest BCUT2D eigenvalue weighted by Crippen LogP contribution is -2.37. The van der Waals surface area contributed by atoms with Crippen LogP contribution in [0.2, 0.25) is 0 Å². The Morgan fingerprint density at radius 3 is 2.88 bits per heavy atom. The molecule has 0 aliphatic rings. The maximum Gasteiger partial charge on any atom is 0.316 e. The second-order valence-corrected chi connectivity index (χ2v) is 3.42. The van der Waals surface area contributed by atoms with E-state index in [-0.39, 0.29) is 6.03 Å². The summed E-state index contributed by atoms with van der Waals surface area (Å²) in [5.41, 5.74) is 0.645. The number of carbonyl (C=O) groups excluding carboxylic acids is 1. The van der Waals surface area contributed by atoms with Gasteiger partial charge < -0.3 is 15.5 Å². The van der Waals surface area contributed by atoms with E-state index in [1.807, 2.05) is 0 Å². The van der Waals surface area contributed by atoms with Crippen molar-refractivity contribution in [2.75, 3.05) is 32.5 Å². The molecule has 0 unspecified atom stereocenters. The zero-order valence-corrected chi connectivity index (χ0v) is 9.33. The Kier molecular flexibility index (Phi) is 4.50. The molecule has 0 bridgehead atoms. The molecule has 1 heterocycles. The summed E-state index contributed by atoms with van der Waals surface area (Å²) in [4.78, 5) is 16.0. The van der Waals surface area contributed by atoms with E-state index >= 15 is 0 Å². The average Bonchev–Trinajstić information content (AvgIpc) is 2.24. The fourth-order valence-corrected chi connectivity index (χ4v) is 1.05. The van der Waals surface area contributed by atoms with Crippen molar-refractivity contribution in [3.8, 4) is 0 Å². The predicted octanol–water partition coefficient (Wildman–Crippen LogP) is 0.904. The van der Waals surface area contributed by atoms with Gasteiger partial charge >= 0.3 is 6.03 Å². The zero-order valence-electron chi connectivity index (χ0n) is 9.33. The van der Waals surface area contributed by atoms with Crippen LogP contribution in [0.25, 0.3) is 0 Å². The predicted molar refractivity (Wildman–Crippen MR) is 59.8 cm³/mol.